The van der Waals surface area contributed by atoms with E-state index in [-0.39, 0.29) is 11.4 Å². The van der Waals surface area contributed by atoms with Crippen LogP contribution in [-0.2, 0) is 21.7 Å². The zero-order valence-electron chi connectivity index (χ0n) is 22.8. The van der Waals surface area contributed by atoms with Gasteiger partial charge in [-0.3, -0.25) is 14.4 Å². The maximum Gasteiger partial charge on any atom is 0.217 e. The number of benzene rings is 3. The summed E-state index contributed by atoms with van der Waals surface area (Å²) in [6.45, 7) is 2.22. The SMILES string of the molecule is CC(=O)NCc1ccccc1C=O.CNC1(c2ccc3ccccc3c2)CC1.O=CNCC#Cc1ccccn1. The molecule has 0 radical (unpaired) electrons. The molecular formula is C33H34N4O3. The normalized spacial score (nSPS) is 12.2. The second kappa shape index (κ2) is 15.6. The first-order valence-electron chi connectivity index (χ1n) is 13.0. The Hall–Kier alpha value is -4.80. The summed E-state index contributed by atoms with van der Waals surface area (Å²) in [5.41, 5.74) is 3.89. The van der Waals surface area contributed by atoms with E-state index in [4.69, 9.17) is 0 Å². The lowest BCUT2D eigenvalue weighted by molar-refractivity contribution is -0.119. The second-order valence-corrected chi connectivity index (χ2v) is 9.14. The number of carbonyl (C=O) groups is 3. The average Bonchev–Trinajstić information content (AvgIpc) is 3.81. The number of rotatable bonds is 7. The van der Waals surface area contributed by atoms with E-state index in [1.165, 1.54) is 36.1 Å². The number of amides is 2. The number of carbonyl (C=O) groups excluding carboxylic acids is 3. The van der Waals surface area contributed by atoms with Gasteiger partial charge in [0.1, 0.15) is 12.0 Å². The third kappa shape index (κ3) is 9.19. The van der Waals surface area contributed by atoms with Gasteiger partial charge in [-0.15, -0.1) is 0 Å². The number of nitrogens with zero attached hydrogens (tertiary/aromatic N) is 1. The molecule has 1 saturated carbocycles. The van der Waals surface area contributed by atoms with Gasteiger partial charge in [0.25, 0.3) is 0 Å². The molecule has 1 aliphatic rings. The molecule has 0 saturated heterocycles. The van der Waals surface area contributed by atoms with Crippen molar-refractivity contribution in [3.05, 3.63) is 114 Å². The number of aldehydes is 1. The summed E-state index contributed by atoms with van der Waals surface area (Å²) in [5.74, 6) is 5.45. The van der Waals surface area contributed by atoms with E-state index in [9.17, 15) is 14.4 Å². The Morgan fingerprint density at radius 2 is 1.68 bits per heavy atom. The summed E-state index contributed by atoms with van der Waals surface area (Å²) < 4.78 is 0. The van der Waals surface area contributed by atoms with E-state index >= 15 is 0 Å². The standard InChI is InChI=1S/C14H15N.C10H11NO2.C9H8N2O/c1-15-14(8-9-14)13-7-6-11-4-2-3-5-12(11)10-13;1-8(13)11-6-9-4-2-3-5-10(9)7-12;12-8-10-6-3-5-9-4-1-2-7-11-9/h2-7,10,15H,8-9H2,1H3;2-5,7H,6H2,1H3,(H,11,13);1-2,4,7-8H,6H2,(H,10,12). The second-order valence-electron chi connectivity index (χ2n) is 9.14. The number of pyridine rings is 1. The molecule has 1 heterocycles. The molecule has 0 unspecified atom stereocenters. The van der Waals surface area contributed by atoms with Crippen LogP contribution in [0.2, 0.25) is 0 Å². The first-order chi connectivity index (χ1) is 19.5. The van der Waals surface area contributed by atoms with Crippen molar-refractivity contribution in [2.75, 3.05) is 13.6 Å². The fourth-order valence-corrected chi connectivity index (χ4v) is 3.99. The summed E-state index contributed by atoms with van der Waals surface area (Å²) >= 11 is 0. The van der Waals surface area contributed by atoms with E-state index in [1.807, 2.05) is 30.3 Å². The van der Waals surface area contributed by atoms with Crippen molar-refractivity contribution in [2.45, 2.75) is 31.8 Å². The molecule has 7 heteroatoms. The number of hydrogen-bond donors (Lipinski definition) is 3. The van der Waals surface area contributed by atoms with Crippen LogP contribution in [0.5, 0.6) is 0 Å². The third-order valence-corrected chi connectivity index (χ3v) is 6.40. The molecule has 1 aliphatic carbocycles. The lowest BCUT2D eigenvalue weighted by atomic mass is 10.0. The minimum absolute atomic E-state index is 0.0966. The molecule has 7 nitrogen and oxygen atoms in total. The predicted octanol–water partition coefficient (Wildman–Crippen LogP) is 4.36. The summed E-state index contributed by atoms with van der Waals surface area (Å²) in [4.78, 5) is 35.0. The summed E-state index contributed by atoms with van der Waals surface area (Å²) in [6, 6.07) is 28.0. The van der Waals surface area contributed by atoms with Crippen LogP contribution in [0.1, 0.15) is 46.9 Å². The van der Waals surface area contributed by atoms with Gasteiger partial charge in [-0.25, -0.2) is 4.98 Å². The third-order valence-electron chi connectivity index (χ3n) is 6.40. The van der Waals surface area contributed by atoms with Gasteiger partial charge in [-0.2, -0.15) is 0 Å². The number of hydrogen-bond acceptors (Lipinski definition) is 5. The lowest BCUT2D eigenvalue weighted by Gasteiger charge is -2.15. The van der Waals surface area contributed by atoms with Crippen LogP contribution in [0.3, 0.4) is 0 Å². The minimum Gasteiger partial charge on any atom is -0.352 e. The highest BCUT2D eigenvalue weighted by Gasteiger charge is 2.42. The molecule has 1 aromatic heterocycles. The Morgan fingerprint density at radius 3 is 2.33 bits per heavy atom. The lowest BCUT2D eigenvalue weighted by Crippen LogP contribution is -2.24. The van der Waals surface area contributed by atoms with Crippen molar-refractivity contribution in [1.29, 1.82) is 0 Å². The molecule has 3 aromatic carbocycles. The first kappa shape index (κ1) is 29.8. The molecule has 1 fully saturated rings. The summed E-state index contributed by atoms with van der Waals surface area (Å²) in [5, 5.41) is 11.2. The average molecular weight is 535 g/mol. The maximum absolute atomic E-state index is 10.6. The van der Waals surface area contributed by atoms with Gasteiger partial charge in [0.15, 0.2) is 0 Å². The van der Waals surface area contributed by atoms with Gasteiger partial charge in [0, 0.05) is 30.8 Å². The highest BCUT2D eigenvalue weighted by Crippen LogP contribution is 2.45. The van der Waals surface area contributed by atoms with Crippen molar-refractivity contribution in [3.8, 4) is 11.8 Å². The van der Waals surface area contributed by atoms with Crippen molar-refractivity contribution in [1.82, 2.24) is 20.9 Å². The quantitative estimate of drug-likeness (QED) is 0.186. The molecule has 0 aliphatic heterocycles. The minimum atomic E-state index is -0.0966. The highest BCUT2D eigenvalue weighted by atomic mass is 16.1. The number of aromatic nitrogens is 1. The maximum atomic E-state index is 10.6. The molecule has 204 valence electrons. The van der Waals surface area contributed by atoms with Crippen LogP contribution < -0.4 is 16.0 Å². The van der Waals surface area contributed by atoms with Crippen LogP contribution in [0.25, 0.3) is 10.8 Å². The van der Waals surface area contributed by atoms with E-state index in [0.717, 1.165) is 11.8 Å². The van der Waals surface area contributed by atoms with Gasteiger partial charge in [0.2, 0.25) is 12.3 Å². The van der Waals surface area contributed by atoms with Gasteiger partial charge >= 0.3 is 0 Å². The summed E-state index contributed by atoms with van der Waals surface area (Å²) in [6.07, 6.45) is 5.62. The summed E-state index contributed by atoms with van der Waals surface area (Å²) in [7, 11) is 2.06. The molecule has 0 spiro atoms. The van der Waals surface area contributed by atoms with Crippen LogP contribution in [0, 0.1) is 11.8 Å². The Bertz CT molecular complexity index is 1470. The molecular weight excluding hydrogens is 500 g/mol. The smallest absolute Gasteiger partial charge is 0.217 e. The van der Waals surface area contributed by atoms with E-state index in [0.29, 0.717) is 30.8 Å². The Balaban J connectivity index is 0.000000167. The molecule has 4 aromatic rings. The Labute approximate surface area is 235 Å². The number of nitrogens with one attached hydrogen (secondary N) is 3. The number of fused-ring (bicyclic) bond motifs is 1. The zero-order valence-corrected chi connectivity index (χ0v) is 22.8. The molecule has 40 heavy (non-hydrogen) atoms. The van der Waals surface area contributed by atoms with Crippen LogP contribution >= 0.6 is 0 Å². The molecule has 0 bridgehead atoms. The van der Waals surface area contributed by atoms with Crippen LogP contribution in [-0.4, -0.2) is 37.2 Å². The molecule has 5 rings (SSSR count). The van der Waals surface area contributed by atoms with Crippen LogP contribution in [0.4, 0.5) is 0 Å². The van der Waals surface area contributed by atoms with Crippen molar-refractivity contribution in [2.24, 2.45) is 0 Å². The fourth-order valence-electron chi connectivity index (χ4n) is 3.99. The van der Waals surface area contributed by atoms with Crippen molar-refractivity contribution in [3.63, 3.8) is 0 Å². The zero-order chi connectivity index (χ0) is 28.6. The first-order valence-corrected chi connectivity index (χ1v) is 13.0. The fraction of sp³-hybridized carbons (Fsp3) is 0.212. The van der Waals surface area contributed by atoms with Crippen LogP contribution in [0.15, 0.2) is 91.1 Å². The topological polar surface area (TPSA) is 100 Å². The predicted molar refractivity (Wildman–Crippen MR) is 158 cm³/mol. The van der Waals surface area contributed by atoms with Gasteiger partial charge < -0.3 is 16.0 Å². The Kier molecular flexibility index (Phi) is 11.6. The van der Waals surface area contributed by atoms with Crippen molar-refractivity contribution >= 4 is 29.4 Å². The highest BCUT2D eigenvalue weighted by molar-refractivity contribution is 5.83. The van der Waals surface area contributed by atoms with E-state index in [1.54, 1.807) is 18.3 Å². The largest absolute Gasteiger partial charge is 0.352 e. The monoisotopic (exact) mass is 534 g/mol. The molecule has 0 atom stereocenters. The van der Waals surface area contributed by atoms with E-state index < -0.39 is 0 Å². The Morgan fingerprint density at radius 1 is 0.950 bits per heavy atom. The molecule has 2 amide bonds. The van der Waals surface area contributed by atoms with Gasteiger partial charge in [-0.1, -0.05) is 72.7 Å². The van der Waals surface area contributed by atoms with E-state index in [2.05, 4.69) is 82.3 Å². The van der Waals surface area contributed by atoms with Gasteiger partial charge in [-0.05, 0) is 65.9 Å². The molecule has 3 N–H and O–H groups in total. The van der Waals surface area contributed by atoms with Gasteiger partial charge in [0.05, 0.1) is 6.54 Å². The van der Waals surface area contributed by atoms with Crippen molar-refractivity contribution < 1.29 is 14.4 Å².